The van der Waals surface area contributed by atoms with E-state index in [1.54, 1.807) is 4.31 Å². The van der Waals surface area contributed by atoms with E-state index in [0.717, 1.165) is 44.1 Å². The third kappa shape index (κ3) is 3.86. The van der Waals surface area contributed by atoms with Crippen LogP contribution >= 0.6 is 0 Å². The van der Waals surface area contributed by atoms with Gasteiger partial charge in [0.05, 0.1) is 11.2 Å². The summed E-state index contributed by atoms with van der Waals surface area (Å²) in [7, 11) is -3.34. The number of nitrogens with one attached hydrogen (secondary N) is 1. The Labute approximate surface area is 168 Å². The number of carbonyl (C=O) groups excluding carboxylic acids is 1. The van der Waals surface area contributed by atoms with Crippen molar-refractivity contribution in [3.8, 4) is 0 Å². The van der Waals surface area contributed by atoms with Crippen molar-refractivity contribution in [2.24, 2.45) is 5.41 Å². The summed E-state index contributed by atoms with van der Waals surface area (Å²) in [6, 6.07) is 9.80. The zero-order valence-electron chi connectivity index (χ0n) is 16.6. The molecule has 0 radical (unpaired) electrons. The van der Waals surface area contributed by atoms with Gasteiger partial charge in [-0.3, -0.25) is 4.79 Å². The molecule has 2 atom stereocenters. The minimum absolute atomic E-state index is 0.0778. The average molecular weight is 405 g/mol. The van der Waals surface area contributed by atoms with Gasteiger partial charge in [0, 0.05) is 18.6 Å². The van der Waals surface area contributed by atoms with Gasteiger partial charge in [-0.15, -0.1) is 0 Å². The summed E-state index contributed by atoms with van der Waals surface area (Å²) in [5, 5.41) is 3.33. The van der Waals surface area contributed by atoms with Crippen molar-refractivity contribution >= 4 is 15.9 Å². The van der Waals surface area contributed by atoms with E-state index in [1.165, 1.54) is 19.3 Å². The van der Waals surface area contributed by atoms with Gasteiger partial charge in [-0.1, -0.05) is 62.4 Å². The van der Waals surface area contributed by atoms with E-state index < -0.39 is 15.4 Å². The molecule has 0 unspecified atom stereocenters. The highest BCUT2D eigenvalue weighted by molar-refractivity contribution is 7.89. The highest BCUT2D eigenvalue weighted by atomic mass is 32.2. The average Bonchev–Trinajstić information content (AvgIpc) is 2.72. The molecule has 0 aromatic heterocycles. The molecule has 2 saturated carbocycles. The van der Waals surface area contributed by atoms with Gasteiger partial charge in [-0.25, -0.2) is 8.42 Å². The van der Waals surface area contributed by atoms with Crippen molar-refractivity contribution in [1.82, 2.24) is 9.62 Å². The molecule has 1 aromatic carbocycles. The summed E-state index contributed by atoms with van der Waals surface area (Å²) in [6.45, 7) is 0.367. The molecule has 1 aromatic rings. The van der Waals surface area contributed by atoms with Gasteiger partial charge in [-0.2, -0.15) is 4.31 Å². The summed E-state index contributed by atoms with van der Waals surface area (Å²) < 4.78 is 27.6. The predicted octanol–water partition coefficient (Wildman–Crippen LogP) is 3.60. The second kappa shape index (κ2) is 8.15. The van der Waals surface area contributed by atoms with Gasteiger partial charge in [0.15, 0.2) is 0 Å². The van der Waals surface area contributed by atoms with E-state index in [4.69, 9.17) is 0 Å². The Morgan fingerprint density at radius 2 is 1.71 bits per heavy atom. The smallest absolute Gasteiger partial charge is 0.228 e. The predicted molar refractivity (Wildman–Crippen MR) is 110 cm³/mol. The van der Waals surface area contributed by atoms with Gasteiger partial charge in [0.1, 0.15) is 0 Å². The van der Waals surface area contributed by atoms with E-state index in [9.17, 15) is 13.2 Å². The topological polar surface area (TPSA) is 66.5 Å². The molecule has 1 aliphatic heterocycles. The molecule has 3 fully saturated rings. The lowest BCUT2D eigenvalue weighted by Gasteiger charge is -2.51. The fourth-order valence-electron chi connectivity index (χ4n) is 5.48. The largest absolute Gasteiger partial charge is 0.353 e. The Bertz CT molecular complexity index is 789. The lowest BCUT2D eigenvalue weighted by molar-refractivity contribution is -0.138. The van der Waals surface area contributed by atoms with Crippen LogP contribution in [0.1, 0.15) is 69.8 Å². The standard InChI is InChI=1S/C22H32N2O3S/c25-21(23-19-11-5-2-6-12-19)22-14-8-7-13-20(22)24(28(26,27)16-15-22)17-18-9-3-1-4-10-18/h1,3-4,9-10,19-20H,2,5-8,11-17H2,(H,23,25)/t20-,22-/m1/s1. The molecular weight excluding hydrogens is 372 g/mol. The number of carbonyl (C=O) groups is 1. The Kier molecular flexibility index (Phi) is 5.79. The monoisotopic (exact) mass is 404 g/mol. The second-order valence-electron chi connectivity index (χ2n) is 8.82. The van der Waals surface area contributed by atoms with Crippen LogP contribution in [0.2, 0.25) is 0 Å². The summed E-state index contributed by atoms with van der Waals surface area (Å²) in [5.74, 6) is 0.186. The first-order chi connectivity index (χ1) is 13.5. The van der Waals surface area contributed by atoms with Crippen molar-refractivity contribution in [3.05, 3.63) is 35.9 Å². The third-order valence-corrected chi connectivity index (χ3v) is 8.89. The van der Waals surface area contributed by atoms with Crippen molar-refractivity contribution in [1.29, 1.82) is 0 Å². The number of benzene rings is 1. The van der Waals surface area contributed by atoms with Crippen LogP contribution in [0.25, 0.3) is 0 Å². The number of hydrogen-bond donors (Lipinski definition) is 1. The first kappa shape index (κ1) is 19.9. The maximum Gasteiger partial charge on any atom is 0.228 e. The number of fused-ring (bicyclic) bond motifs is 1. The highest BCUT2D eigenvalue weighted by Crippen LogP contribution is 2.47. The Balaban J connectivity index is 1.60. The molecule has 1 N–H and O–H groups in total. The molecule has 0 spiro atoms. The first-order valence-electron chi connectivity index (χ1n) is 10.9. The molecule has 3 aliphatic rings. The summed E-state index contributed by atoms with van der Waals surface area (Å²) in [6.07, 6.45) is 9.76. The lowest BCUT2D eigenvalue weighted by atomic mass is 9.67. The Morgan fingerprint density at radius 3 is 2.46 bits per heavy atom. The molecule has 1 amide bonds. The number of hydrogen-bond acceptors (Lipinski definition) is 3. The highest BCUT2D eigenvalue weighted by Gasteiger charge is 2.55. The summed E-state index contributed by atoms with van der Waals surface area (Å²) in [4.78, 5) is 13.5. The molecule has 1 saturated heterocycles. The summed E-state index contributed by atoms with van der Waals surface area (Å²) in [5.41, 5.74) is 0.427. The second-order valence-corrected chi connectivity index (χ2v) is 10.9. The third-order valence-electron chi connectivity index (χ3n) is 7.07. The number of amides is 1. The molecular formula is C22H32N2O3S. The van der Waals surface area contributed by atoms with Crippen LogP contribution in [0.4, 0.5) is 0 Å². The minimum Gasteiger partial charge on any atom is -0.353 e. The molecule has 6 heteroatoms. The van der Waals surface area contributed by atoms with Crippen LogP contribution in [0, 0.1) is 5.41 Å². The number of nitrogens with zero attached hydrogens (tertiary/aromatic N) is 1. The lowest BCUT2D eigenvalue weighted by Crippen LogP contribution is -2.63. The van der Waals surface area contributed by atoms with Crippen LogP contribution < -0.4 is 5.32 Å². The Hall–Kier alpha value is -1.40. The van der Waals surface area contributed by atoms with E-state index in [2.05, 4.69) is 5.32 Å². The minimum atomic E-state index is -3.34. The SMILES string of the molecule is O=C(NC1CCCCC1)[C@@]12CCCC[C@H]1N(Cc1ccccc1)S(=O)(=O)CC2. The van der Waals surface area contributed by atoms with Gasteiger partial charge in [-0.05, 0) is 37.7 Å². The van der Waals surface area contributed by atoms with Gasteiger partial charge in [0.25, 0.3) is 0 Å². The number of rotatable bonds is 4. The van der Waals surface area contributed by atoms with Crippen LogP contribution in [0.15, 0.2) is 30.3 Å². The van der Waals surface area contributed by atoms with Gasteiger partial charge in [0.2, 0.25) is 15.9 Å². The number of sulfonamides is 1. The van der Waals surface area contributed by atoms with Crippen molar-refractivity contribution in [2.75, 3.05) is 5.75 Å². The maximum absolute atomic E-state index is 13.5. The van der Waals surface area contributed by atoms with Gasteiger partial charge >= 0.3 is 0 Å². The van der Waals surface area contributed by atoms with Crippen molar-refractivity contribution in [2.45, 2.75) is 82.8 Å². The molecule has 0 bridgehead atoms. The molecule has 2 aliphatic carbocycles. The molecule has 1 heterocycles. The maximum atomic E-state index is 13.5. The van der Waals surface area contributed by atoms with Crippen molar-refractivity contribution < 1.29 is 13.2 Å². The van der Waals surface area contributed by atoms with Crippen LogP contribution in [-0.2, 0) is 21.4 Å². The molecule has 4 rings (SSSR count). The fraction of sp³-hybridized carbons (Fsp3) is 0.682. The van der Waals surface area contributed by atoms with Crippen LogP contribution in [0.3, 0.4) is 0 Å². The van der Waals surface area contributed by atoms with E-state index in [-0.39, 0.29) is 23.7 Å². The molecule has 28 heavy (non-hydrogen) atoms. The van der Waals surface area contributed by atoms with Crippen LogP contribution in [-0.4, -0.2) is 36.5 Å². The van der Waals surface area contributed by atoms with E-state index in [0.29, 0.717) is 13.0 Å². The first-order valence-corrected chi connectivity index (χ1v) is 12.5. The van der Waals surface area contributed by atoms with Crippen molar-refractivity contribution in [3.63, 3.8) is 0 Å². The van der Waals surface area contributed by atoms with E-state index in [1.807, 2.05) is 30.3 Å². The van der Waals surface area contributed by atoms with Crippen LogP contribution in [0.5, 0.6) is 0 Å². The fourth-order valence-corrected chi connectivity index (χ4v) is 7.38. The molecule has 154 valence electrons. The zero-order valence-corrected chi connectivity index (χ0v) is 17.4. The van der Waals surface area contributed by atoms with Gasteiger partial charge < -0.3 is 5.32 Å². The Morgan fingerprint density at radius 1 is 1.00 bits per heavy atom. The van der Waals surface area contributed by atoms with E-state index >= 15 is 0 Å². The normalized spacial score (nSPS) is 31.1. The molecule has 5 nitrogen and oxygen atoms in total. The quantitative estimate of drug-likeness (QED) is 0.834. The summed E-state index contributed by atoms with van der Waals surface area (Å²) >= 11 is 0. The zero-order chi connectivity index (χ0) is 19.6.